The highest BCUT2D eigenvalue weighted by Crippen LogP contribution is 2.26. The predicted molar refractivity (Wildman–Crippen MR) is 71.6 cm³/mol. The molecule has 0 spiro atoms. The molecule has 19 heavy (non-hydrogen) atoms. The molecule has 5 nitrogen and oxygen atoms in total. The Labute approximate surface area is 114 Å². The largest absolute Gasteiger partial charge is 0.469 e. The van der Waals surface area contributed by atoms with Crippen LogP contribution in [0, 0.1) is 17.8 Å². The van der Waals surface area contributed by atoms with Gasteiger partial charge in [-0.15, -0.1) is 0 Å². The molecule has 0 N–H and O–H groups in total. The van der Waals surface area contributed by atoms with Crippen LogP contribution in [-0.4, -0.2) is 55.1 Å². The van der Waals surface area contributed by atoms with Crippen LogP contribution < -0.4 is 0 Å². The van der Waals surface area contributed by atoms with Crippen LogP contribution in [0.5, 0.6) is 0 Å². The lowest BCUT2D eigenvalue weighted by molar-refractivity contribution is -0.146. The number of likely N-dealkylation sites (tertiary alicyclic amines) is 2. The van der Waals surface area contributed by atoms with Crippen molar-refractivity contribution in [2.45, 2.75) is 26.7 Å². The van der Waals surface area contributed by atoms with Gasteiger partial charge < -0.3 is 14.5 Å². The molecule has 0 aromatic heterocycles. The highest BCUT2D eigenvalue weighted by Gasteiger charge is 2.39. The lowest BCUT2D eigenvalue weighted by Crippen LogP contribution is -2.46. The molecule has 2 amide bonds. The minimum absolute atomic E-state index is 0.0881. The van der Waals surface area contributed by atoms with Gasteiger partial charge in [-0.3, -0.25) is 4.79 Å². The molecule has 0 aliphatic carbocycles. The van der Waals surface area contributed by atoms with E-state index in [-0.39, 0.29) is 23.8 Å². The maximum atomic E-state index is 12.4. The normalized spacial score (nSPS) is 28.6. The molecule has 5 heteroatoms. The summed E-state index contributed by atoms with van der Waals surface area (Å²) in [5.74, 6) is 0.525. The number of carbonyl (C=O) groups excluding carboxylic acids is 2. The van der Waals surface area contributed by atoms with Crippen LogP contribution in [0.2, 0.25) is 0 Å². The SMILES string of the molecule is COC(=O)C1CN(C(=O)N2CCC(C)CC2)CC1C. The number of ether oxygens (including phenoxy) is 1. The Morgan fingerprint density at radius 2 is 1.68 bits per heavy atom. The topological polar surface area (TPSA) is 49.9 Å². The molecule has 2 saturated heterocycles. The lowest BCUT2D eigenvalue weighted by Gasteiger charge is -2.33. The fourth-order valence-electron chi connectivity index (χ4n) is 2.98. The molecular formula is C14H24N2O3. The first-order chi connectivity index (χ1) is 9.02. The summed E-state index contributed by atoms with van der Waals surface area (Å²) in [6.07, 6.45) is 2.16. The molecule has 2 aliphatic rings. The van der Waals surface area contributed by atoms with Crippen molar-refractivity contribution in [2.75, 3.05) is 33.3 Å². The van der Waals surface area contributed by atoms with Gasteiger partial charge in [0.05, 0.1) is 13.0 Å². The summed E-state index contributed by atoms with van der Waals surface area (Å²) in [5.41, 5.74) is 0. The van der Waals surface area contributed by atoms with E-state index in [0.717, 1.165) is 25.9 Å². The van der Waals surface area contributed by atoms with Gasteiger partial charge in [-0.2, -0.15) is 0 Å². The monoisotopic (exact) mass is 268 g/mol. The fourth-order valence-corrected chi connectivity index (χ4v) is 2.98. The van der Waals surface area contributed by atoms with Crippen molar-refractivity contribution < 1.29 is 14.3 Å². The van der Waals surface area contributed by atoms with Crippen LogP contribution in [0.25, 0.3) is 0 Å². The molecule has 2 rings (SSSR count). The average Bonchev–Trinajstić information content (AvgIpc) is 2.80. The second kappa shape index (κ2) is 5.80. The number of urea groups is 1. The van der Waals surface area contributed by atoms with Crippen molar-refractivity contribution in [1.29, 1.82) is 0 Å². The summed E-state index contributed by atoms with van der Waals surface area (Å²) in [4.78, 5) is 27.8. The number of hydrogen-bond donors (Lipinski definition) is 0. The molecular weight excluding hydrogens is 244 g/mol. The van der Waals surface area contributed by atoms with Crippen LogP contribution >= 0.6 is 0 Å². The molecule has 0 saturated carbocycles. The minimum Gasteiger partial charge on any atom is -0.469 e. The maximum Gasteiger partial charge on any atom is 0.320 e. The van der Waals surface area contributed by atoms with Crippen molar-refractivity contribution in [1.82, 2.24) is 9.80 Å². The highest BCUT2D eigenvalue weighted by atomic mass is 16.5. The molecule has 2 aliphatic heterocycles. The molecule has 2 fully saturated rings. The summed E-state index contributed by atoms with van der Waals surface area (Å²) in [6, 6.07) is 0.0881. The number of piperidine rings is 1. The Bertz CT molecular complexity index is 351. The number of carbonyl (C=O) groups is 2. The standard InChI is InChI=1S/C14H24N2O3/c1-10-4-6-15(7-5-10)14(18)16-8-11(2)12(9-16)13(17)19-3/h10-12H,4-9H2,1-3H3. The van der Waals surface area contributed by atoms with Crippen LogP contribution in [0.4, 0.5) is 4.79 Å². The number of amides is 2. The molecule has 0 radical (unpaired) electrons. The lowest BCUT2D eigenvalue weighted by atomic mass is 9.99. The van der Waals surface area contributed by atoms with Crippen LogP contribution in [0.1, 0.15) is 26.7 Å². The van der Waals surface area contributed by atoms with Gasteiger partial charge in [-0.05, 0) is 24.7 Å². The van der Waals surface area contributed by atoms with Gasteiger partial charge in [0.2, 0.25) is 0 Å². The highest BCUT2D eigenvalue weighted by molar-refractivity contribution is 5.78. The molecule has 0 aromatic rings. The third kappa shape index (κ3) is 3.01. The van der Waals surface area contributed by atoms with Crippen molar-refractivity contribution in [3.8, 4) is 0 Å². The zero-order valence-electron chi connectivity index (χ0n) is 12.1. The Kier molecular flexibility index (Phi) is 4.32. The molecule has 108 valence electrons. The van der Waals surface area contributed by atoms with E-state index in [1.165, 1.54) is 7.11 Å². The first kappa shape index (κ1) is 14.2. The molecule has 2 unspecified atom stereocenters. The Hall–Kier alpha value is -1.26. The van der Waals surface area contributed by atoms with Crippen molar-refractivity contribution in [3.05, 3.63) is 0 Å². The molecule has 0 bridgehead atoms. The van der Waals surface area contributed by atoms with E-state index in [1.54, 1.807) is 0 Å². The number of nitrogens with zero attached hydrogens (tertiary/aromatic N) is 2. The summed E-state index contributed by atoms with van der Waals surface area (Å²) in [7, 11) is 1.41. The average molecular weight is 268 g/mol. The Morgan fingerprint density at radius 1 is 1.05 bits per heavy atom. The molecule has 2 atom stereocenters. The van der Waals surface area contributed by atoms with Gasteiger partial charge in [0.15, 0.2) is 0 Å². The van der Waals surface area contributed by atoms with Crippen molar-refractivity contribution >= 4 is 12.0 Å². The summed E-state index contributed by atoms with van der Waals surface area (Å²) in [6.45, 7) is 7.07. The van der Waals surface area contributed by atoms with E-state index < -0.39 is 0 Å². The number of rotatable bonds is 1. The summed E-state index contributed by atoms with van der Waals surface area (Å²) >= 11 is 0. The van der Waals surface area contributed by atoms with Crippen molar-refractivity contribution in [3.63, 3.8) is 0 Å². The van der Waals surface area contributed by atoms with Crippen LogP contribution in [0.15, 0.2) is 0 Å². The van der Waals surface area contributed by atoms with Crippen LogP contribution in [-0.2, 0) is 9.53 Å². The van der Waals surface area contributed by atoms with Gasteiger partial charge in [0.25, 0.3) is 0 Å². The molecule has 2 heterocycles. The first-order valence-corrected chi connectivity index (χ1v) is 7.14. The zero-order chi connectivity index (χ0) is 14.0. The van der Waals surface area contributed by atoms with Gasteiger partial charge in [-0.25, -0.2) is 4.79 Å². The van der Waals surface area contributed by atoms with Gasteiger partial charge in [0.1, 0.15) is 0 Å². The van der Waals surface area contributed by atoms with Gasteiger partial charge >= 0.3 is 12.0 Å². The first-order valence-electron chi connectivity index (χ1n) is 7.14. The third-order valence-electron chi connectivity index (χ3n) is 4.44. The van der Waals surface area contributed by atoms with E-state index in [4.69, 9.17) is 4.74 Å². The van der Waals surface area contributed by atoms with Crippen molar-refractivity contribution in [2.24, 2.45) is 17.8 Å². The zero-order valence-corrected chi connectivity index (χ0v) is 12.1. The van der Waals surface area contributed by atoms with E-state index in [2.05, 4.69) is 6.92 Å². The van der Waals surface area contributed by atoms with E-state index >= 15 is 0 Å². The number of hydrogen-bond acceptors (Lipinski definition) is 3. The second-order valence-electron chi connectivity index (χ2n) is 5.96. The Morgan fingerprint density at radius 3 is 2.26 bits per heavy atom. The van der Waals surface area contributed by atoms with E-state index in [1.807, 2.05) is 16.7 Å². The fraction of sp³-hybridized carbons (Fsp3) is 0.857. The van der Waals surface area contributed by atoms with E-state index in [0.29, 0.717) is 19.0 Å². The van der Waals surface area contributed by atoms with Gasteiger partial charge in [0, 0.05) is 26.2 Å². The Balaban J connectivity index is 1.92. The predicted octanol–water partition coefficient (Wildman–Crippen LogP) is 1.58. The molecule has 0 aromatic carbocycles. The quantitative estimate of drug-likeness (QED) is 0.678. The van der Waals surface area contributed by atoms with Crippen LogP contribution in [0.3, 0.4) is 0 Å². The summed E-state index contributed by atoms with van der Waals surface area (Å²) < 4.78 is 4.80. The van der Waals surface area contributed by atoms with E-state index in [9.17, 15) is 9.59 Å². The number of esters is 1. The summed E-state index contributed by atoms with van der Waals surface area (Å²) in [5, 5.41) is 0. The third-order valence-corrected chi connectivity index (χ3v) is 4.44. The number of methoxy groups -OCH3 is 1. The minimum atomic E-state index is -0.199. The maximum absolute atomic E-state index is 12.4. The smallest absolute Gasteiger partial charge is 0.320 e. The second-order valence-corrected chi connectivity index (χ2v) is 5.96. The van der Waals surface area contributed by atoms with Gasteiger partial charge in [-0.1, -0.05) is 13.8 Å².